The molecule has 0 atom stereocenters. The molecule has 0 fully saturated rings. The van der Waals surface area contributed by atoms with Crippen LogP contribution in [0, 0.1) is 6.92 Å². The van der Waals surface area contributed by atoms with Crippen LogP contribution in [0.1, 0.15) is 11.3 Å². The summed E-state index contributed by atoms with van der Waals surface area (Å²) in [6.07, 6.45) is 1.80. The molecule has 0 aliphatic heterocycles. The highest BCUT2D eigenvalue weighted by Gasteiger charge is 1.96. The smallest absolute Gasteiger partial charge is 0.200 e. The van der Waals surface area contributed by atoms with Gasteiger partial charge in [-0.3, -0.25) is 0 Å². The molecule has 0 saturated heterocycles. The molecule has 4 heteroatoms. The molecule has 2 aromatic rings. The molecule has 0 spiro atoms. The number of H-pyrrole nitrogens is 1. The van der Waals surface area contributed by atoms with Crippen LogP contribution >= 0.6 is 11.6 Å². The molecule has 1 aromatic carbocycles. The van der Waals surface area contributed by atoms with Gasteiger partial charge in [0.25, 0.3) is 0 Å². The van der Waals surface area contributed by atoms with Gasteiger partial charge in [0.1, 0.15) is 0 Å². The molecule has 0 amide bonds. The van der Waals surface area contributed by atoms with E-state index in [0.29, 0.717) is 0 Å². The molecule has 2 N–H and O–H groups in total. The predicted octanol–water partition coefficient (Wildman–Crippen LogP) is 2.98. The van der Waals surface area contributed by atoms with Crippen LogP contribution in [0.2, 0.25) is 5.02 Å². The second-order valence-corrected chi connectivity index (χ2v) is 3.83. The minimum Gasteiger partial charge on any atom is -0.352 e. The Morgan fingerprint density at radius 1 is 1.33 bits per heavy atom. The summed E-state index contributed by atoms with van der Waals surface area (Å²) in [5, 5.41) is 3.95. The van der Waals surface area contributed by atoms with E-state index in [1.165, 1.54) is 5.56 Å². The zero-order chi connectivity index (χ0) is 10.7. The quantitative estimate of drug-likeness (QED) is 0.837. The number of anilines is 1. The summed E-state index contributed by atoms with van der Waals surface area (Å²) in [6, 6.07) is 7.74. The minimum absolute atomic E-state index is 0.740. The van der Waals surface area contributed by atoms with E-state index >= 15 is 0 Å². The first kappa shape index (κ1) is 10.1. The summed E-state index contributed by atoms with van der Waals surface area (Å²) >= 11 is 5.79. The fourth-order valence-electron chi connectivity index (χ4n) is 1.29. The van der Waals surface area contributed by atoms with Gasteiger partial charge in [0.05, 0.1) is 0 Å². The second-order valence-electron chi connectivity index (χ2n) is 3.39. The molecule has 1 aromatic heterocycles. The Labute approximate surface area is 93.5 Å². The third kappa shape index (κ3) is 2.73. The number of nitrogens with one attached hydrogen (secondary N) is 2. The van der Waals surface area contributed by atoms with Crippen LogP contribution < -0.4 is 5.32 Å². The van der Waals surface area contributed by atoms with Gasteiger partial charge in [-0.2, -0.15) is 0 Å². The van der Waals surface area contributed by atoms with Crippen LogP contribution in [-0.4, -0.2) is 9.97 Å². The van der Waals surface area contributed by atoms with Crippen molar-refractivity contribution < 1.29 is 0 Å². The van der Waals surface area contributed by atoms with Crippen molar-refractivity contribution in [1.82, 2.24) is 9.97 Å². The number of aryl methyl sites for hydroxylation is 1. The molecule has 0 radical (unpaired) electrons. The van der Waals surface area contributed by atoms with Gasteiger partial charge in [-0.25, -0.2) is 4.98 Å². The first-order valence-electron chi connectivity index (χ1n) is 4.74. The normalized spacial score (nSPS) is 10.3. The maximum Gasteiger partial charge on any atom is 0.200 e. The first-order chi connectivity index (χ1) is 7.24. The SMILES string of the molecule is Cc1cnc(NCc2ccc(Cl)cc2)[nH]1. The number of nitrogens with zero attached hydrogens (tertiary/aromatic N) is 1. The lowest BCUT2D eigenvalue weighted by molar-refractivity contribution is 1.09. The predicted molar refractivity (Wildman–Crippen MR) is 62.1 cm³/mol. The zero-order valence-electron chi connectivity index (χ0n) is 8.42. The number of imidazole rings is 1. The van der Waals surface area contributed by atoms with E-state index in [1.807, 2.05) is 31.2 Å². The molecule has 0 aliphatic carbocycles. The van der Waals surface area contributed by atoms with Crippen molar-refractivity contribution in [2.45, 2.75) is 13.5 Å². The molecule has 78 valence electrons. The molecule has 15 heavy (non-hydrogen) atoms. The molecular weight excluding hydrogens is 210 g/mol. The Balaban J connectivity index is 1.96. The fourth-order valence-corrected chi connectivity index (χ4v) is 1.42. The minimum atomic E-state index is 0.740. The number of hydrogen-bond acceptors (Lipinski definition) is 2. The van der Waals surface area contributed by atoms with Crippen LogP contribution in [0.3, 0.4) is 0 Å². The van der Waals surface area contributed by atoms with Crippen LogP contribution in [0.4, 0.5) is 5.95 Å². The standard InChI is InChI=1S/C11H12ClN3/c1-8-6-13-11(15-8)14-7-9-2-4-10(12)5-3-9/h2-6H,7H2,1H3,(H2,13,14,15). The van der Waals surface area contributed by atoms with Crippen LogP contribution in [-0.2, 0) is 6.54 Å². The molecular formula is C11H12ClN3. The first-order valence-corrected chi connectivity index (χ1v) is 5.12. The molecule has 0 unspecified atom stereocenters. The van der Waals surface area contributed by atoms with E-state index < -0.39 is 0 Å². The fraction of sp³-hybridized carbons (Fsp3) is 0.182. The van der Waals surface area contributed by atoms with E-state index in [4.69, 9.17) is 11.6 Å². The molecule has 3 nitrogen and oxygen atoms in total. The van der Waals surface area contributed by atoms with E-state index in [9.17, 15) is 0 Å². The van der Waals surface area contributed by atoms with Crippen LogP contribution in [0.5, 0.6) is 0 Å². The highest BCUT2D eigenvalue weighted by molar-refractivity contribution is 6.30. The lowest BCUT2D eigenvalue weighted by Crippen LogP contribution is -2.00. The summed E-state index contributed by atoms with van der Waals surface area (Å²) in [5.41, 5.74) is 2.22. The summed E-state index contributed by atoms with van der Waals surface area (Å²) in [5.74, 6) is 0.794. The van der Waals surface area contributed by atoms with Gasteiger partial charge in [0, 0.05) is 23.5 Å². The van der Waals surface area contributed by atoms with Gasteiger partial charge >= 0.3 is 0 Å². The maximum atomic E-state index is 5.79. The van der Waals surface area contributed by atoms with Gasteiger partial charge in [0.15, 0.2) is 0 Å². The van der Waals surface area contributed by atoms with Crippen molar-refractivity contribution in [2.75, 3.05) is 5.32 Å². The van der Waals surface area contributed by atoms with E-state index in [2.05, 4.69) is 15.3 Å². The summed E-state index contributed by atoms with van der Waals surface area (Å²) < 4.78 is 0. The largest absolute Gasteiger partial charge is 0.352 e. The Hall–Kier alpha value is -1.48. The Bertz CT molecular complexity index is 433. The van der Waals surface area contributed by atoms with Gasteiger partial charge in [0.2, 0.25) is 5.95 Å². The number of hydrogen-bond donors (Lipinski definition) is 2. The van der Waals surface area contributed by atoms with Crippen molar-refractivity contribution >= 4 is 17.5 Å². The van der Waals surface area contributed by atoms with Crippen molar-refractivity contribution in [3.05, 3.63) is 46.7 Å². The Morgan fingerprint density at radius 2 is 2.07 bits per heavy atom. The summed E-state index contributed by atoms with van der Waals surface area (Å²) in [7, 11) is 0. The molecule has 0 bridgehead atoms. The second kappa shape index (κ2) is 4.36. The van der Waals surface area contributed by atoms with E-state index in [0.717, 1.165) is 23.2 Å². The third-order valence-corrected chi connectivity index (χ3v) is 2.33. The van der Waals surface area contributed by atoms with Crippen molar-refractivity contribution in [3.63, 3.8) is 0 Å². The van der Waals surface area contributed by atoms with Gasteiger partial charge in [-0.15, -0.1) is 0 Å². The van der Waals surface area contributed by atoms with Gasteiger partial charge in [-0.1, -0.05) is 23.7 Å². The molecule has 0 saturated carbocycles. The molecule has 0 aliphatic rings. The highest BCUT2D eigenvalue weighted by Crippen LogP contribution is 2.10. The summed E-state index contributed by atoms with van der Waals surface area (Å²) in [4.78, 5) is 7.27. The average molecular weight is 222 g/mol. The van der Waals surface area contributed by atoms with Crippen LogP contribution in [0.15, 0.2) is 30.5 Å². The Kier molecular flexibility index (Phi) is 2.92. The zero-order valence-corrected chi connectivity index (χ0v) is 9.17. The van der Waals surface area contributed by atoms with E-state index in [1.54, 1.807) is 6.20 Å². The molecule has 2 rings (SSSR count). The molecule has 1 heterocycles. The van der Waals surface area contributed by atoms with E-state index in [-0.39, 0.29) is 0 Å². The van der Waals surface area contributed by atoms with Crippen molar-refractivity contribution in [2.24, 2.45) is 0 Å². The lowest BCUT2D eigenvalue weighted by atomic mass is 10.2. The summed E-state index contributed by atoms with van der Waals surface area (Å²) in [6.45, 7) is 2.71. The third-order valence-electron chi connectivity index (χ3n) is 2.08. The van der Waals surface area contributed by atoms with Crippen LogP contribution in [0.25, 0.3) is 0 Å². The highest BCUT2D eigenvalue weighted by atomic mass is 35.5. The number of halogens is 1. The number of benzene rings is 1. The Morgan fingerprint density at radius 3 is 2.67 bits per heavy atom. The number of rotatable bonds is 3. The maximum absolute atomic E-state index is 5.79. The monoisotopic (exact) mass is 221 g/mol. The van der Waals surface area contributed by atoms with Gasteiger partial charge < -0.3 is 10.3 Å². The average Bonchev–Trinajstić information content (AvgIpc) is 2.64. The number of aromatic nitrogens is 2. The topological polar surface area (TPSA) is 40.7 Å². The van der Waals surface area contributed by atoms with Crippen molar-refractivity contribution in [3.8, 4) is 0 Å². The van der Waals surface area contributed by atoms with Crippen molar-refractivity contribution in [1.29, 1.82) is 0 Å². The number of aromatic amines is 1. The lowest BCUT2D eigenvalue weighted by Gasteiger charge is -2.02. The van der Waals surface area contributed by atoms with Gasteiger partial charge in [-0.05, 0) is 24.6 Å².